The fraction of sp³-hybridized carbons (Fsp3) is 0.167. The maximum absolute atomic E-state index is 13.9. The molecule has 0 saturated carbocycles. The van der Waals surface area contributed by atoms with Crippen molar-refractivity contribution < 1.29 is 18.8 Å². The molecule has 3 rings (SSSR count). The van der Waals surface area contributed by atoms with Crippen LogP contribution in [0.5, 0.6) is 0 Å². The molecule has 3 N–H and O–H groups in total. The van der Waals surface area contributed by atoms with E-state index in [2.05, 4.69) is 20.9 Å². The fourth-order valence-corrected chi connectivity index (χ4v) is 3.24. The molecule has 7 nitrogen and oxygen atoms in total. The molecule has 1 heterocycles. The number of pyridine rings is 1. The minimum absolute atomic E-state index is 0.0434. The van der Waals surface area contributed by atoms with Crippen molar-refractivity contribution in [2.75, 3.05) is 10.6 Å². The summed E-state index contributed by atoms with van der Waals surface area (Å²) in [6, 6.07) is 13.9. The number of anilines is 2. The lowest BCUT2D eigenvalue weighted by Crippen LogP contribution is -2.47. The number of benzene rings is 2. The van der Waals surface area contributed by atoms with E-state index >= 15 is 0 Å². The number of nitrogens with one attached hydrogen (secondary N) is 3. The van der Waals surface area contributed by atoms with Gasteiger partial charge in [-0.05, 0) is 48.4 Å². The van der Waals surface area contributed by atoms with E-state index in [9.17, 15) is 18.8 Å². The van der Waals surface area contributed by atoms with E-state index in [-0.39, 0.29) is 33.6 Å². The molecule has 0 aliphatic heterocycles. The van der Waals surface area contributed by atoms with Gasteiger partial charge in [0.15, 0.2) is 0 Å². The Kier molecular flexibility index (Phi) is 7.74. The average molecular weight is 469 g/mol. The van der Waals surface area contributed by atoms with Gasteiger partial charge in [0.1, 0.15) is 17.6 Å². The number of nitrogens with zero attached hydrogens (tertiary/aromatic N) is 1. The summed E-state index contributed by atoms with van der Waals surface area (Å²) in [6.07, 6.45) is 1.47. The van der Waals surface area contributed by atoms with Gasteiger partial charge in [-0.2, -0.15) is 0 Å². The number of carbonyl (C=O) groups excluding carboxylic acids is 3. The first kappa shape index (κ1) is 23.9. The first-order chi connectivity index (χ1) is 15.8. The zero-order chi connectivity index (χ0) is 24.0. The zero-order valence-corrected chi connectivity index (χ0v) is 18.7. The summed E-state index contributed by atoms with van der Waals surface area (Å²) in [5.74, 6) is -2.52. The maximum Gasteiger partial charge on any atom is 0.274 e. The van der Waals surface area contributed by atoms with Gasteiger partial charge in [-0.15, -0.1) is 0 Å². The van der Waals surface area contributed by atoms with Crippen LogP contribution in [-0.4, -0.2) is 28.7 Å². The van der Waals surface area contributed by atoms with E-state index in [1.165, 1.54) is 18.3 Å². The summed E-state index contributed by atoms with van der Waals surface area (Å²) in [4.78, 5) is 42.1. The molecule has 9 heteroatoms. The third-order valence-corrected chi connectivity index (χ3v) is 5.07. The summed E-state index contributed by atoms with van der Waals surface area (Å²) >= 11 is 6.08. The van der Waals surface area contributed by atoms with Crippen LogP contribution in [0.1, 0.15) is 34.7 Å². The monoisotopic (exact) mass is 468 g/mol. The smallest absolute Gasteiger partial charge is 0.274 e. The third-order valence-electron chi connectivity index (χ3n) is 4.74. The first-order valence-electron chi connectivity index (χ1n) is 10.1. The van der Waals surface area contributed by atoms with Crippen LogP contribution in [0.15, 0.2) is 66.9 Å². The molecule has 33 heavy (non-hydrogen) atoms. The molecule has 1 aromatic heterocycles. The van der Waals surface area contributed by atoms with Gasteiger partial charge in [0.25, 0.3) is 11.8 Å². The number of halogens is 2. The van der Waals surface area contributed by atoms with Crippen LogP contribution in [0.4, 0.5) is 15.8 Å². The Labute approximate surface area is 195 Å². The molecule has 0 fully saturated rings. The molecular weight excluding hydrogens is 447 g/mol. The molecule has 0 saturated heterocycles. The first-order valence-corrected chi connectivity index (χ1v) is 10.5. The van der Waals surface area contributed by atoms with Crippen LogP contribution < -0.4 is 16.0 Å². The number of hydrogen-bond donors (Lipinski definition) is 3. The number of rotatable bonds is 7. The highest BCUT2D eigenvalue weighted by Crippen LogP contribution is 2.24. The summed E-state index contributed by atoms with van der Waals surface area (Å²) < 4.78 is 13.9. The number of amides is 3. The molecule has 170 valence electrons. The summed E-state index contributed by atoms with van der Waals surface area (Å²) in [5.41, 5.74) is 0.611. The molecular formula is C24H22ClFN4O3. The lowest BCUT2D eigenvalue weighted by molar-refractivity contribution is -0.118. The van der Waals surface area contributed by atoms with Gasteiger partial charge in [0, 0.05) is 6.20 Å². The van der Waals surface area contributed by atoms with Crippen LogP contribution in [0, 0.1) is 11.7 Å². The van der Waals surface area contributed by atoms with Crippen molar-refractivity contribution in [3.63, 3.8) is 0 Å². The predicted octanol–water partition coefficient (Wildman–Crippen LogP) is 4.52. The van der Waals surface area contributed by atoms with Gasteiger partial charge in [0.2, 0.25) is 5.91 Å². The highest BCUT2D eigenvalue weighted by atomic mass is 35.5. The maximum atomic E-state index is 13.9. The van der Waals surface area contributed by atoms with Gasteiger partial charge >= 0.3 is 0 Å². The fourth-order valence-electron chi connectivity index (χ4n) is 3.02. The highest BCUT2D eigenvalue weighted by Gasteiger charge is 2.26. The van der Waals surface area contributed by atoms with Crippen LogP contribution in [0.3, 0.4) is 0 Å². The predicted molar refractivity (Wildman–Crippen MR) is 125 cm³/mol. The molecule has 3 aromatic rings. The molecule has 1 atom stereocenters. The van der Waals surface area contributed by atoms with Crippen LogP contribution in [-0.2, 0) is 4.79 Å². The van der Waals surface area contributed by atoms with E-state index < -0.39 is 29.6 Å². The van der Waals surface area contributed by atoms with Crippen molar-refractivity contribution >= 4 is 40.7 Å². The number of aromatic nitrogens is 1. The Morgan fingerprint density at radius 1 is 0.909 bits per heavy atom. The Morgan fingerprint density at radius 3 is 2.30 bits per heavy atom. The Bertz CT molecular complexity index is 1170. The van der Waals surface area contributed by atoms with E-state index in [1.807, 2.05) is 0 Å². The van der Waals surface area contributed by atoms with Gasteiger partial charge in [-0.25, -0.2) is 4.39 Å². The second kappa shape index (κ2) is 10.7. The lowest BCUT2D eigenvalue weighted by Gasteiger charge is -2.23. The van der Waals surface area contributed by atoms with Crippen molar-refractivity contribution in [1.29, 1.82) is 0 Å². The minimum Gasteiger partial charge on any atom is -0.340 e. The second-order valence-corrected chi connectivity index (χ2v) is 7.93. The van der Waals surface area contributed by atoms with Crippen LogP contribution in [0.25, 0.3) is 0 Å². The third kappa shape index (κ3) is 6.14. The normalized spacial score (nSPS) is 11.5. The van der Waals surface area contributed by atoms with E-state index in [0.29, 0.717) is 0 Å². The second-order valence-electron chi connectivity index (χ2n) is 7.52. The highest BCUT2D eigenvalue weighted by molar-refractivity contribution is 6.33. The molecule has 1 unspecified atom stereocenters. The minimum atomic E-state index is -0.948. The Balaban J connectivity index is 1.79. The molecule has 3 amide bonds. The Hall–Kier alpha value is -3.78. The van der Waals surface area contributed by atoms with Gasteiger partial charge in [-0.3, -0.25) is 19.4 Å². The molecule has 0 radical (unpaired) electrons. The van der Waals surface area contributed by atoms with Crippen LogP contribution >= 0.6 is 11.6 Å². The van der Waals surface area contributed by atoms with Gasteiger partial charge in [-0.1, -0.05) is 43.6 Å². The number of hydrogen-bond acceptors (Lipinski definition) is 4. The topological polar surface area (TPSA) is 100 Å². The molecule has 2 aromatic carbocycles. The molecule has 0 bridgehead atoms. The van der Waals surface area contributed by atoms with Crippen molar-refractivity contribution in [3.05, 3.63) is 89.0 Å². The molecule has 0 aliphatic rings. The molecule has 0 spiro atoms. The van der Waals surface area contributed by atoms with E-state index in [4.69, 9.17) is 11.6 Å². The van der Waals surface area contributed by atoms with Crippen molar-refractivity contribution in [3.8, 4) is 0 Å². The van der Waals surface area contributed by atoms with Gasteiger partial charge in [0.05, 0.1) is 22.0 Å². The van der Waals surface area contributed by atoms with E-state index in [1.54, 1.807) is 50.2 Å². The summed E-state index contributed by atoms with van der Waals surface area (Å²) in [7, 11) is 0. The van der Waals surface area contributed by atoms with Crippen molar-refractivity contribution in [2.24, 2.45) is 5.92 Å². The zero-order valence-electron chi connectivity index (χ0n) is 17.9. The largest absolute Gasteiger partial charge is 0.340 e. The Morgan fingerprint density at radius 2 is 1.64 bits per heavy atom. The average Bonchev–Trinajstić information content (AvgIpc) is 2.79. The van der Waals surface area contributed by atoms with Crippen LogP contribution in [0.2, 0.25) is 5.02 Å². The number of carbonyl (C=O) groups is 3. The lowest BCUT2D eigenvalue weighted by atomic mass is 10.0. The SMILES string of the molecule is CC(C)C(NC(=O)c1ccccc1Cl)C(=O)Nc1cc(F)ccc1NC(=O)c1ccccn1. The molecule has 0 aliphatic carbocycles. The quantitative estimate of drug-likeness (QED) is 0.474. The summed E-state index contributed by atoms with van der Waals surface area (Å²) in [6.45, 7) is 3.51. The van der Waals surface area contributed by atoms with Gasteiger partial charge < -0.3 is 16.0 Å². The van der Waals surface area contributed by atoms with E-state index in [0.717, 1.165) is 12.1 Å². The van der Waals surface area contributed by atoms with Crippen molar-refractivity contribution in [2.45, 2.75) is 19.9 Å². The standard InChI is InChI=1S/C24H22ClFN4O3/c1-14(2)21(30-22(31)16-7-3-4-8-17(16)25)24(33)29-20-13-15(26)10-11-18(20)28-23(32)19-9-5-6-12-27-19/h3-14,21H,1-2H3,(H,28,32)(H,29,33)(H,30,31). The van der Waals surface area contributed by atoms with Crippen molar-refractivity contribution in [1.82, 2.24) is 10.3 Å². The summed E-state index contributed by atoms with van der Waals surface area (Å²) in [5, 5.41) is 8.13.